The third kappa shape index (κ3) is 5.69. The van der Waals surface area contributed by atoms with Crippen molar-refractivity contribution in [1.29, 1.82) is 0 Å². The van der Waals surface area contributed by atoms with E-state index < -0.39 is 0 Å². The maximum Gasteiger partial charge on any atom is 0.163 e. The highest BCUT2D eigenvalue weighted by atomic mass is 16.5. The third-order valence-electron chi connectivity index (χ3n) is 5.04. The minimum absolute atomic E-state index is 0.190. The molecule has 0 amide bonds. The van der Waals surface area contributed by atoms with E-state index in [2.05, 4.69) is 18.8 Å². The molecule has 0 radical (unpaired) electrons. The highest BCUT2D eigenvalue weighted by Gasteiger charge is 2.15. The molecule has 30 heavy (non-hydrogen) atoms. The topological polar surface area (TPSA) is 48.4 Å². The number of ether oxygens (including phenoxy) is 2. The molecule has 0 N–H and O–H groups in total. The van der Waals surface area contributed by atoms with Crippen LogP contribution < -0.4 is 9.47 Å². The zero-order valence-corrected chi connectivity index (χ0v) is 18.1. The van der Waals surface area contributed by atoms with Gasteiger partial charge >= 0.3 is 0 Å². The fourth-order valence-electron chi connectivity index (χ4n) is 3.26. The van der Waals surface area contributed by atoms with Crippen molar-refractivity contribution in [2.24, 2.45) is 5.92 Å². The monoisotopic (exact) mass is 403 g/mol. The largest absolute Gasteiger partial charge is 0.489 e. The van der Waals surface area contributed by atoms with E-state index in [1.165, 1.54) is 0 Å². The number of Topliss-reactive ketones (excluding diaryl/α,β-unsaturated/α-hetero) is 1. The number of ketones is 1. The number of aromatic nitrogens is 1. The van der Waals surface area contributed by atoms with E-state index in [1.54, 1.807) is 6.20 Å². The van der Waals surface area contributed by atoms with Gasteiger partial charge in [-0.25, -0.2) is 0 Å². The van der Waals surface area contributed by atoms with Crippen LogP contribution in [0.1, 0.15) is 53.0 Å². The summed E-state index contributed by atoms with van der Waals surface area (Å²) in [5.41, 5.74) is 4.69. The predicted molar refractivity (Wildman–Crippen MR) is 119 cm³/mol. The Bertz CT molecular complexity index is 996. The molecule has 0 saturated carbocycles. The van der Waals surface area contributed by atoms with Gasteiger partial charge in [0.05, 0.1) is 5.69 Å². The van der Waals surface area contributed by atoms with Crippen molar-refractivity contribution < 1.29 is 14.3 Å². The van der Waals surface area contributed by atoms with E-state index in [-0.39, 0.29) is 5.78 Å². The second kappa shape index (κ2) is 10.1. The number of rotatable bonds is 9. The molecule has 0 aliphatic carbocycles. The molecule has 2 aromatic carbocycles. The van der Waals surface area contributed by atoms with Crippen LogP contribution >= 0.6 is 0 Å². The molecule has 0 bridgehead atoms. The second-order valence-electron chi connectivity index (χ2n) is 7.93. The highest BCUT2D eigenvalue weighted by Crippen LogP contribution is 2.27. The average Bonchev–Trinajstić information content (AvgIpc) is 2.74. The molecule has 0 aliphatic rings. The van der Waals surface area contributed by atoms with Crippen LogP contribution in [0.4, 0.5) is 0 Å². The van der Waals surface area contributed by atoms with Crippen molar-refractivity contribution in [1.82, 2.24) is 4.98 Å². The molecule has 1 aromatic heterocycles. The summed E-state index contributed by atoms with van der Waals surface area (Å²) in [6.07, 6.45) is 2.32. The minimum atomic E-state index is 0.190. The van der Waals surface area contributed by atoms with Gasteiger partial charge in [-0.3, -0.25) is 9.78 Å². The second-order valence-corrected chi connectivity index (χ2v) is 7.93. The molecule has 0 aliphatic heterocycles. The summed E-state index contributed by atoms with van der Waals surface area (Å²) >= 11 is 0. The summed E-state index contributed by atoms with van der Waals surface area (Å²) < 4.78 is 11.9. The first-order chi connectivity index (χ1) is 14.4. The number of carbonyl (C=O) groups is 1. The van der Waals surface area contributed by atoms with Crippen LogP contribution in [0.15, 0.2) is 60.8 Å². The minimum Gasteiger partial charge on any atom is -0.489 e. The SMILES string of the molecule is Cc1c(OCc2cccc(OCc3ccccn3)c2)ccc(C(=O)CC(C)C)c1C. The van der Waals surface area contributed by atoms with Crippen molar-refractivity contribution in [3.8, 4) is 11.5 Å². The summed E-state index contributed by atoms with van der Waals surface area (Å²) in [5.74, 6) is 2.12. The Morgan fingerprint density at radius 3 is 2.50 bits per heavy atom. The van der Waals surface area contributed by atoms with Crippen LogP contribution in [-0.4, -0.2) is 10.8 Å². The van der Waals surface area contributed by atoms with E-state index in [0.717, 1.165) is 39.4 Å². The van der Waals surface area contributed by atoms with Gasteiger partial charge in [0.2, 0.25) is 0 Å². The summed E-state index contributed by atoms with van der Waals surface area (Å²) in [7, 11) is 0. The van der Waals surface area contributed by atoms with Crippen molar-refractivity contribution in [2.45, 2.75) is 47.3 Å². The Morgan fingerprint density at radius 2 is 1.77 bits per heavy atom. The van der Waals surface area contributed by atoms with Gasteiger partial charge in [-0.05, 0) is 72.9 Å². The molecule has 1 heterocycles. The summed E-state index contributed by atoms with van der Waals surface area (Å²) in [6, 6.07) is 17.4. The summed E-state index contributed by atoms with van der Waals surface area (Å²) in [5, 5.41) is 0. The standard InChI is InChI=1S/C26H29NO3/c1-18(2)14-25(28)24-11-12-26(20(4)19(24)3)30-16-21-8-7-10-23(15-21)29-17-22-9-5-6-13-27-22/h5-13,15,18H,14,16-17H2,1-4H3. The van der Waals surface area contributed by atoms with E-state index >= 15 is 0 Å². The first-order valence-corrected chi connectivity index (χ1v) is 10.3. The third-order valence-corrected chi connectivity index (χ3v) is 5.04. The van der Waals surface area contributed by atoms with Gasteiger partial charge in [0, 0.05) is 18.2 Å². The first-order valence-electron chi connectivity index (χ1n) is 10.3. The Labute approximate surface area is 178 Å². The Kier molecular flexibility index (Phi) is 7.23. The van der Waals surface area contributed by atoms with Gasteiger partial charge < -0.3 is 9.47 Å². The van der Waals surface area contributed by atoms with Crippen molar-refractivity contribution in [3.63, 3.8) is 0 Å². The quantitative estimate of drug-likeness (QED) is 0.406. The highest BCUT2D eigenvalue weighted by molar-refractivity contribution is 5.98. The maximum atomic E-state index is 12.5. The summed E-state index contributed by atoms with van der Waals surface area (Å²) in [6.45, 7) is 8.97. The Balaban J connectivity index is 1.64. The van der Waals surface area contributed by atoms with E-state index in [0.29, 0.717) is 25.6 Å². The lowest BCUT2D eigenvalue weighted by Crippen LogP contribution is -2.07. The zero-order valence-electron chi connectivity index (χ0n) is 18.1. The van der Waals surface area contributed by atoms with Crippen molar-refractivity contribution in [3.05, 3.63) is 88.7 Å². The van der Waals surface area contributed by atoms with Crippen molar-refractivity contribution in [2.75, 3.05) is 0 Å². The number of hydrogen-bond acceptors (Lipinski definition) is 4. The van der Waals surface area contributed by atoms with Gasteiger partial charge in [0.25, 0.3) is 0 Å². The molecule has 3 rings (SSSR count). The van der Waals surface area contributed by atoms with Crippen LogP contribution in [0.5, 0.6) is 11.5 Å². The van der Waals surface area contributed by atoms with Gasteiger partial charge in [-0.15, -0.1) is 0 Å². The van der Waals surface area contributed by atoms with Gasteiger partial charge in [0.15, 0.2) is 5.78 Å². The van der Waals surface area contributed by atoms with E-state index in [9.17, 15) is 4.79 Å². The van der Waals surface area contributed by atoms with Crippen LogP contribution in [0.2, 0.25) is 0 Å². The van der Waals surface area contributed by atoms with Crippen LogP contribution in [-0.2, 0) is 13.2 Å². The van der Waals surface area contributed by atoms with Crippen LogP contribution in [0.3, 0.4) is 0 Å². The molecular weight excluding hydrogens is 374 g/mol. The fourth-order valence-corrected chi connectivity index (χ4v) is 3.26. The molecular formula is C26H29NO3. The number of nitrogens with zero attached hydrogens (tertiary/aromatic N) is 1. The van der Waals surface area contributed by atoms with Crippen molar-refractivity contribution >= 4 is 5.78 Å². The molecule has 0 spiro atoms. The van der Waals surface area contributed by atoms with E-state index in [1.807, 2.05) is 68.4 Å². The maximum absolute atomic E-state index is 12.5. The van der Waals surface area contributed by atoms with Crippen LogP contribution in [0, 0.1) is 19.8 Å². The lowest BCUT2D eigenvalue weighted by molar-refractivity contribution is 0.0967. The number of benzene rings is 2. The number of pyridine rings is 1. The predicted octanol–water partition coefficient (Wildman–Crippen LogP) is 6.09. The molecule has 0 fully saturated rings. The fraction of sp³-hybridized carbons (Fsp3) is 0.308. The molecule has 156 valence electrons. The Morgan fingerprint density at radius 1 is 0.933 bits per heavy atom. The average molecular weight is 404 g/mol. The Hall–Kier alpha value is -3.14. The zero-order chi connectivity index (χ0) is 21.5. The molecule has 4 nitrogen and oxygen atoms in total. The van der Waals surface area contributed by atoms with Gasteiger partial charge in [-0.2, -0.15) is 0 Å². The van der Waals surface area contributed by atoms with Gasteiger partial charge in [-0.1, -0.05) is 32.0 Å². The lowest BCUT2D eigenvalue weighted by Gasteiger charge is -2.15. The lowest BCUT2D eigenvalue weighted by atomic mass is 9.95. The first kappa shape index (κ1) is 21.6. The summed E-state index contributed by atoms with van der Waals surface area (Å²) in [4.78, 5) is 16.7. The van der Waals surface area contributed by atoms with Gasteiger partial charge in [0.1, 0.15) is 24.7 Å². The molecule has 3 aromatic rings. The molecule has 4 heteroatoms. The van der Waals surface area contributed by atoms with E-state index in [4.69, 9.17) is 9.47 Å². The molecule has 0 atom stereocenters. The molecule has 0 unspecified atom stereocenters. The number of carbonyl (C=O) groups excluding carboxylic acids is 1. The molecule has 0 saturated heterocycles. The smallest absolute Gasteiger partial charge is 0.163 e. The van der Waals surface area contributed by atoms with Crippen LogP contribution in [0.25, 0.3) is 0 Å². The normalized spacial score (nSPS) is 10.8. The number of hydrogen-bond donors (Lipinski definition) is 0.